The van der Waals surface area contributed by atoms with Crippen molar-refractivity contribution in [3.63, 3.8) is 0 Å². The van der Waals surface area contributed by atoms with Crippen molar-refractivity contribution in [2.24, 2.45) is 0 Å². The fraction of sp³-hybridized carbons (Fsp3) is 0.250. The Hall–Kier alpha value is -1.78. The molecule has 0 saturated carbocycles. The molecule has 0 aromatic heterocycles. The zero-order chi connectivity index (χ0) is 15.0. The molecule has 3 rings (SSSR count). The summed E-state index contributed by atoms with van der Waals surface area (Å²) in [6.45, 7) is 0. The standard InChI is InChI=1S/C16H14ClFO3/c1-20-10-3-4-11-14(19)8-15(21-16(11)7-10)9-2-5-13(18)12(17)6-9/h2-7,14-15,19H,8H2,1H3. The van der Waals surface area contributed by atoms with Crippen LogP contribution < -0.4 is 9.47 Å². The molecule has 2 aromatic carbocycles. The number of methoxy groups -OCH3 is 1. The lowest BCUT2D eigenvalue weighted by Crippen LogP contribution is -2.19. The fourth-order valence-electron chi connectivity index (χ4n) is 2.47. The summed E-state index contributed by atoms with van der Waals surface area (Å²) in [7, 11) is 1.57. The number of aliphatic hydroxyl groups excluding tert-OH is 1. The average molecular weight is 309 g/mol. The Morgan fingerprint density at radius 3 is 2.81 bits per heavy atom. The van der Waals surface area contributed by atoms with E-state index < -0.39 is 11.9 Å². The first-order valence-electron chi connectivity index (χ1n) is 6.56. The van der Waals surface area contributed by atoms with Crippen molar-refractivity contribution in [3.8, 4) is 11.5 Å². The fourth-order valence-corrected chi connectivity index (χ4v) is 2.66. The van der Waals surface area contributed by atoms with Gasteiger partial charge < -0.3 is 14.6 Å². The second-order valence-corrected chi connectivity index (χ2v) is 5.34. The highest BCUT2D eigenvalue weighted by Gasteiger charge is 2.28. The third-order valence-electron chi connectivity index (χ3n) is 3.60. The molecule has 0 saturated heterocycles. The summed E-state index contributed by atoms with van der Waals surface area (Å²) >= 11 is 5.80. The highest BCUT2D eigenvalue weighted by Crippen LogP contribution is 2.42. The Morgan fingerprint density at radius 1 is 1.29 bits per heavy atom. The molecule has 0 spiro atoms. The second kappa shape index (κ2) is 5.54. The first-order chi connectivity index (χ1) is 10.1. The van der Waals surface area contributed by atoms with Gasteiger partial charge in [0.05, 0.1) is 18.2 Å². The van der Waals surface area contributed by atoms with E-state index in [4.69, 9.17) is 21.1 Å². The van der Waals surface area contributed by atoms with Crippen LogP contribution >= 0.6 is 11.6 Å². The van der Waals surface area contributed by atoms with Crippen LogP contribution in [0.4, 0.5) is 4.39 Å². The van der Waals surface area contributed by atoms with Crippen molar-refractivity contribution in [2.75, 3.05) is 7.11 Å². The van der Waals surface area contributed by atoms with Gasteiger partial charge >= 0.3 is 0 Å². The van der Waals surface area contributed by atoms with Crippen LogP contribution in [0.5, 0.6) is 11.5 Å². The van der Waals surface area contributed by atoms with Crippen molar-refractivity contribution in [3.05, 3.63) is 58.4 Å². The number of ether oxygens (including phenoxy) is 2. The predicted octanol–water partition coefficient (Wildman–Crippen LogP) is 4.04. The molecule has 3 nitrogen and oxygen atoms in total. The summed E-state index contributed by atoms with van der Waals surface area (Å²) in [5.74, 6) is 0.746. The molecular formula is C16H14ClFO3. The van der Waals surface area contributed by atoms with Gasteiger partial charge in [-0.2, -0.15) is 0 Å². The maximum absolute atomic E-state index is 13.2. The lowest BCUT2D eigenvalue weighted by Gasteiger charge is -2.30. The first-order valence-corrected chi connectivity index (χ1v) is 6.94. The van der Waals surface area contributed by atoms with E-state index in [1.807, 2.05) is 0 Å². The molecule has 0 fully saturated rings. The van der Waals surface area contributed by atoms with Crippen molar-refractivity contribution in [1.29, 1.82) is 0 Å². The number of hydrogen-bond donors (Lipinski definition) is 1. The van der Waals surface area contributed by atoms with E-state index in [-0.39, 0.29) is 11.1 Å². The van der Waals surface area contributed by atoms with Crippen molar-refractivity contribution in [1.82, 2.24) is 0 Å². The lowest BCUT2D eigenvalue weighted by molar-refractivity contribution is 0.0654. The van der Waals surface area contributed by atoms with Gasteiger partial charge in [-0.15, -0.1) is 0 Å². The number of aliphatic hydroxyl groups is 1. The Balaban J connectivity index is 1.94. The number of hydrogen-bond acceptors (Lipinski definition) is 3. The molecule has 0 radical (unpaired) electrons. The SMILES string of the molecule is COc1ccc2c(c1)OC(c1ccc(F)c(Cl)c1)CC2O. The topological polar surface area (TPSA) is 38.7 Å². The Kier molecular flexibility index (Phi) is 3.74. The molecule has 1 heterocycles. The molecule has 0 bridgehead atoms. The summed E-state index contributed by atoms with van der Waals surface area (Å²) < 4.78 is 24.3. The zero-order valence-electron chi connectivity index (χ0n) is 11.3. The van der Waals surface area contributed by atoms with Gasteiger partial charge in [0.25, 0.3) is 0 Å². The van der Waals surface area contributed by atoms with Gasteiger partial charge in [0.1, 0.15) is 23.4 Å². The summed E-state index contributed by atoms with van der Waals surface area (Å²) in [5.41, 5.74) is 1.45. The molecule has 21 heavy (non-hydrogen) atoms. The molecule has 0 amide bonds. The third-order valence-corrected chi connectivity index (χ3v) is 3.89. The van der Waals surface area contributed by atoms with Crippen LogP contribution in [0.3, 0.4) is 0 Å². The average Bonchev–Trinajstić information content (AvgIpc) is 2.49. The van der Waals surface area contributed by atoms with Gasteiger partial charge in [-0.1, -0.05) is 17.7 Å². The van der Waals surface area contributed by atoms with E-state index in [9.17, 15) is 9.50 Å². The molecule has 2 atom stereocenters. The summed E-state index contributed by atoms with van der Waals surface area (Å²) in [4.78, 5) is 0. The van der Waals surface area contributed by atoms with E-state index in [1.165, 1.54) is 12.1 Å². The van der Waals surface area contributed by atoms with Gasteiger partial charge in [0.15, 0.2) is 0 Å². The van der Waals surface area contributed by atoms with Gasteiger partial charge in [-0.25, -0.2) is 4.39 Å². The number of fused-ring (bicyclic) bond motifs is 1. The Labute approximate surface area is 126 Å². The van der Waals surface area contributed by atoms with Crippen LogP contribution in [0, 0.1) is 5.82 Å². The van der Waals surface area contributed by atoms with E-state index in [0.29, 0.717) is 17.9 Å². The number of benzene rings is 2. The highest BCUT2D eigenvalue weighted by molar-refractivity contribution is 6.30. The van der Waals surface area contributed by atoms with Gasteiger partial charge in [-0.05, 0) is 29.8 Å². The second-order valence-electron chi connectivity index (χ2n) is 4.94. The van der Waals surface area contributed by atoms with Gasteiger partial charge in [0.2, 0.25) is 0 Å². The Morgan fingerprint density at radius 2 is 2.10 bits per heavy atom. The van der Waals surface area contributed by atoms with Crippen LogP contribution in [-0.2, 0) is 0 Å². The normalized spacial score (nSPS) is 20.6. The van der Waals surface area contributed by atoms with Crippen molar-refractivity contribution in [2.45, 2.75) is 18.6 Å². The van der Waals surface area contributed by atoms with Gasteiger partial charge in [-0.3, -0.25) is 0 Å². The third kappa shape index (κ3) is 2.69. The largest absolute Gasteiger partial charge is 0.497 e. The summed E-state index contributed by atoms with van der Waals surface area (Å²) in [6, 6.07) is 9.74. The van der Waals surface area contributed by atoms with E-state index >= 15 is 0 Å². The van der Waals surface area contributed by atoms with Crippen LogP contribution in [0.1, 0.15) is 29.8 Å². The van der Waals surface area contributed by atoms with Crippen molar-refractivity contribution >= 4 is 11.6 Å². The lowest BCUT2D eigenvalue weighted by atomic mass is 9.95. The molecular weight excluding hydrogens is 295 g/mol. The first kappa shape index (κ1) is 14.2. The molecule has 5 heteroatoms. The molecule has 2 aromatic rings. The summed E-state index contributed by atoms with van der Waals surface area (Å²) in [5, 5.41) is 10.3. The molecule has 1 aliphatic rings. The van der Waals surface area contributed by atoms with Gasteiger partial charge in [0, 0.05) is 18.1 Å². The monoisotopic (exact) mass is 308 g/mol. The zero-order valence-corrected chi connectivity index (χ0v) is 12.1. The maximum Gasteiger partial charge on any atom is 0.141 e. The minimum absolute atomic E-state index is 0.0435. The molecule has 110 valence electrons. The maximum atomic E-state index is 13.2. The molecule has 2 unspecified atom stereocenters. The quantitative estimate of drug-likeness (QED) is 0.910. The van der Waals surface area contributed by atoms with E-state index in [2.05, 4.69) is 0 Å². The number of rotatable bonds is 2. The minimum Gasteiger partial charge on any atom is -0.497 e. The minimum atomic E-state index is -0.645. The Bertz CT molecular complexity index is 675. The van der Waals surface area contributed by atoms with E-state index in [0.717, 1.165) is 11.1 Å². The van der Waals surface area contributed by atoms with Crippen LogP contribution in [0.2, 0.25) is 5.02 Å². The van der Waals surface area contributed by atoms with E-state index in [1.54, 1.807) is 31.4 Å². The molecule has 1 aliphatic heterocycles. The summed E-state index contributed by atoms with van der Waals surface area (Å²) in [6.07, 6.45) is -0.632. The van der Waals surface area contributed by atoms with Crippen LogP contribution in [-0.4, -0.2) is 12.2 Å². The highest BCUT2D eigenvalue weighted by atomic mass is 35.5. The van der Waals surface area contributed by atoms with Crippen LogP contribution in [0.25, 0.3) is 0 Å². The van der Waals surface area contributed by atoms with Crippen molar-refractivity contribution < 1.29 is 19.0 Å². The van der Waals surface area contributed by atoms with Crippen LogP contribution in [0.15, 0.2) is 36.4 Å². The predicted molar refractivity (Wildman–Crippen MR) is 77.3 cm³/mol. The molecule has 0 aliphatic carbocycles. The smallest absolute Gasteiger partial charge is 0.141 e. The molecule has 1 N–H and O–H groups in total. The number of halogens is 2.